The van der Waals surface area contributed by atoms with Crippen LogP contribution in [0, 0.1) is 0 Å². The quantitative estimate of drug-likeness (QED) is 0.741. The summed E-state index contributed by atoms with van der Waals surface area (Å²) in [4.78, 5) is 10.7. The number of aliphatic carboxylic acids is 1. The van der Waals surface area contributed by atoms with E-state index in [1.165, 1.54) is 11.8 Å². The van der Waals surface area contributed by atoms with Gasteiger partial charge in [0, 0.05) is 5.75 Å². The predicted octanol–water partition coefficient (Wildman–Crippen LogP) is 0.887. The number of aromatic hydroxyl groups is 1. The van der Waals surface area contributed by atoms with Gasteiger partial charge in [-0.15, -0.1) is 11.8 Å². The molecule has 17 heavy (non-hydrogen) atoms. The summed E-state index contributed by atoms with van der Waals surface area (Å²) in [5.74, 6) is 0.186. The van der Waals surface area contributed by atoms with E-state index in [9.17, 15) is 9.90 Å². The number of para-hydroxylation sites is 2. The SMILES string of the molecule is O=C(O)[C@H]1CS[C@H](COc2ccccc2O)N1. The molecule has 1 saturated heterocycles. The lowest BCUT2D eigenvalue weighted by Gasteiger charge is -2.13. The third-order valence-corrected chi connectivity index (χ3v) is 3.61. The number of thioether (sulfide) groups is 1. The van der Waals surface area contributed by atoms with Crippen LogP contribution in [0.4, 0.5) is 0 Å². The van der Waals surface area contributed by atoms with Gasteiger partial charge in [0.1, 0.15) is 12.6 Å². The van der Waals surface area contributed by atoms with Crippen LogP contribution in [0.2, 0.25) is 0 Å². The molecule has 6 heteroatoms. The molecule has 0 spiro atoms. The molecule has 1 fully saturated rings. The molecule has 1 aromatic rings. The van der Waals surface area contributed by atoms with Gasteiger partial charge in [0.25, 0.3) is 0 Å². The molecular weight excluding hydrogens is 242 g/mol. The van der Waals surface area contributed by atoms with Gasteiger partial charge < -0.3 is 14.9 Å². The number of benzene rings is 1. The molecule has 0 saturated carbocycles. The number of phenolic OH excluding ortho intramolecular Hbond substituents is 1. The molecule has 92 valence electrons. The Morgan fingerprint density at radius 3 is 2.94 bits per heavy atom. The van der Waals surface area contributed by atoms with Crippen molar-refractivity contribution >= 4 is 17.7 Å². The van der Waals surface area contributed by atoms with E-state index in [1.807, 2.05) is 0 Å². The summed E-state index contributed by atoms with van der Waals surface area (Å²) < 4.78 is 5.42. The number of nitrogens with one attached hydrogen (secondary N) is 1. The molecule has 0 radical (unpaired) electrons. The third-order valence-electron chi connectivity index (χ3n) is 2.40. The Hall–Kier alpha value is -1.40. The van der Waals surface area contributed by atoms with Crippen molar-refractivity contribution in [1.82, 2.24) is 5.32 Å². The third kappa shape index (κ3) is 3.04. The molecule has 1 aliphatic rings. The van der Waals surface area contributed by atoms with E-state index in [4.69, 9.17) is 9.84 Å². The smallest absolute Gasteiger partial charge is 0.321 e. The fourth-order valence-corrected chi connectivity index (χ4v) is 2.60. The van der Waals surface area contributed by atoms with Crippen molar-refractivity contribution in [2.24, 2.45) is 0 Å². The average molecular weight is 255 g/mol. The summed E-state index contributed by atoms with van der Waals surface area (Å²) in [5, 5.41) is 21.2. The van der Waals surface area contributed by atoms with Gasteiger partial charge in [-0.2, -0.15) is 0 Å². The maximum Gasteiger partial charge on any atom is 0.321 e. The minimum absolute atomic E-state index is 0.0595. The number of hydrogen-bond donors (Lipinski definition) is 3. The molecule has 1 heterocycles. The van der Waals surface area contributed by atoms with Gasteiger partial charge >= 0.3 is 5.97 Å². The van der Waals surface area contributed by atoms with Crippen molar-refractivity contribution in [3.8, 4) is 11.5 Å². The minimum atomic E-state index is -0.845. The molecule has 0 bridgehead atoms. The summed E-state index contributed by atoms with van der Waals surface area (Å²) in [6.07, 6.45) is 0. The summed E-state index contributed by atoms with van der Waals surface area (Å²) in [6.45, 7) is 0.325. The first-order chi connectivity index (χ1) is 8.16. The molecule has 0 amide bonds. The normalized spacial score (nSPS) is 23.5. The fourth-order valence-electron chi connectivity index (χ4n) is 1.52. The Bertz CT molecular complexity index is 412. The Kier molecular flexibility index (Phi) is 3.75. The lowest BCUT2D eigenvalue weighted by atomic mass is 10.3. The number of ether oxygens (including phenoxy) is 1. The van der Waals surface area contributed by atoms with Crippen molar-refractivity contribution in [2.45, 2.75) is 11.4 Å². The first kappa shape index (κ1) is 12.1. The molecule has 1 aromatic carbocycles. The Labute approximate surface area is 103 Å². The van der Waals surface area contributed by atoms with Gasteiger partial charge in [-0.25, -0.2) is 0 Å². The fraction of sp³-hybridized carbons (Fsp3) is 0.364. The van der Waals surface area contributed by atoms with Crippen LogP contribution in [0.3, 0.4) is 0 Å². The Balaban J connectivity index is 1.84. The van der Waals surface area contributed by atoms with Crippen LogP contribution >= 0.6 is 11.8 Å². The van der Waals surface area contributed by atoms with Gasteiger partial charge in [-0.3, -0.25) is 10.1 Å². The largest absolute Gasteiger partial charge is 0.504 e. The highest BCUT2D eigenvalue weighted by atomic mass is 32.2. The van der Waals surface area contributed by atoms with Crippen LogP contribution in [0.5, 0.6) is 11.5 Å². The molecule has 3 N–H and O–H groups in total. The summed E-state index contributed by atoms with van der Waals surface area (Å²) in [7, 11) is 0. The van der Waals surface area contributed by atoms with Gasteiger partial charge in [0.05, 0.1) is 5.37 Å². The van der Waals surface area contributed by atoms with E-state index in [0.29, 0.717) is 18.1 Å². The zero-order valence-electron chi connectivity index (χ0n) is 9.00. The molecule has 5 nitrogen and oxygen atoms in total. The lowest BCUT2D eigenvalue weighted by molar-refractivity contribution is -0.138. The zero-order valence-corrected chi connectivity index (χ0v) is 9.81. The topological polar surface area (TPSA) is 78.8 Å². The van der Waals surface area contributed by atoms with E-state index < -0.39 is 12.0 Å². The highest BCUT2D eigenvalue weighted by Gasteiger charge is 2.29. The van der Waals surface area contributed by atoms with Crippen LogP contribution in [0.25, 0.3) is 0 Å². The number of carboxylic acids is 1. The molecule has 0 unspecified atom stereocenters. The summed E-state index contributed by atoms with van der Waals surface area (Å²) >= 11 is 1.51. The van der Waals surface area contributed by atoms with Gasteiger partial charge in [0.2, 0.25) is 0 Å². The standard InChI is InChI=1S/C11H13NO4S/c13-8-3-1-2-4-9(8)16-5-10-12-7(6-17-10)11(14)15/h1-4,7,10,12-13H,5-6H2,(H,14,15)/t7-,10-/m1/s1. The Morgan fingerprint density at radius 1 is 1.53 bits per heavy atom. The molecule has 0 aromatic heterocycles. The van der Waals surface area contributed by atoms with Crippen molar-refractivity contribution in [2.75, 3.05) is 12.4 Å². The molecule has 0 aliphatic carbocycles. The second kappa shape index (κ2) is 5.29. The first-order valence-electron chi connectivity index (χ1n) is 5.18. The minimum Gasteiger partial charge on any atom is -0.504 e. The van der Waals surface area contributed by atoms with Gasteiger partial charge in [0.15, 0.2) is 11.5 Å². The highest BCUT2D eigenvalue weighted by Crippen LogP contribution is 2.26. The molecule has 2 rings (SSSR count). The van der Waals surface area contributed by atoms with Crippen molar-refractivity contribution in [3.05, 3.63) is 24.3 Å². The van der Waals surface area contributed by atoms with Gasteiger partial charge in [-0.1, -0.05) is 12.1 Å². The molecule has 2 atom stereocenters. The molecular formula is C11H13NO4S. The molecule has 1 aliphatic heterocycles. The van der Waals surface area contributed by atoms with E-state index in [0.717, 1.165) is 0 Å². The van der Waals surface area contributed by atoms with E-state index in [-0.39, 0.29) is 11.1 Å². The van der Waals surface area contributed by atoms with Gasteiger partial charge in [-0.05, 0) is 12.1 Å². The first-order valence-corrected chi connectivity index (χ1v) is 6.23. The average Bonchev–Trinajstić information content (AvgIpc) is 2.77. The second-order valence-corrected chi connectivity index (χ2v) is 4.89. The maximum absolute atomic E-state index is 10.7. The van der Waals surface area contributed by atoms with Crippen molar-refractivity contribution in [3.63, 3.8) is 0 Å². The number of carbonyl (C=O) groups is 1. The van der Waals surface area contributed by atoms with E-state index >= 15 is 0 Å². The van der Waals surface area contributed by atoms with E-state index in [1.54, 1.807) is 24.3 Å². The highest BCUT2D eigenvalue weighted by molar-refractivity contribution is 8.00. The number of phenols is 1. The van der Waals surface area contributed by atoms with Crippen molar-refractivity contribution < 1.29 is 19.7 Å². The predicted molar refractivity (Wildman–Crippen MR) is 64.4 cm³/mol. The summed E-state index contributed by atoms with van der Waals surface area (Å²) in [5.41, 5.74) is 0. The second-order valence-electron chi connectivity index (χ2n) is 3.66. The lowest BCUT2D eigenvalue weighted by Crippen LogP contribution is -2.38. The number of rotatable bonds is 4. The number of carboxylic acid groups (broad SMARTS) is 1. The maximum atomic E-state index is 10.7. The zero-order chi connectivity index (χ0) is 12.3. The monoisotopic (exact) mass is 255 g/mol. The van der Waals surface area contributed by atoms with E-state index in [2.05, 4.69) is 5.32 Å². The van der Waals surface area contributed by atoms with Crippen LogP contribution in [-0.2, 0) is 4.79 Å². The van der Waals surface area contributed by atoms with Crippen LogP contribution in [-0.4, -0.2) is 40.0 Å². The number of hydrogen-bond acceptors (Lipinski definition) is 5. The van der Waals surface area contributed by atoms with Crippen LogP contribution in [0.1, 0.15) is 0 Å². The van der Waals surface area contributed by atoms with Crippen LogP contribution in [0.15, 0.2) is 24.3 Å². The summed E-state index contributed by atoms with van der Waals surface area (Å²) in [6, 6.07) is 6.18. The Morgan fingerprint density at radius 2 is 2.29 bits per heavy atom. The van der Waals surface area contributed by atoms with Crippen LogP contribution < -0.4 is 10.1 Å². The van der Waals surface area contributed by atoms with Crippen molar-refractivity contribution in [1.29, 1.82) is 0 Å².